The Hall–Kier alpha value is -4.33. The van der Waals surface area contributed by atoms with Gasteiger partial charge < -0.3 is 9.63 Å². The van der Waals surface area contributed by atoms with Crippen LogP contribution in [0.4, 0.5) is 10.3 Å². The normalized spacial score (nSPS) is 10.6. The van der Waals surface area contributed by atoms with E-state index in [2.05, 4.69) is 15.5 Å². The van der Waals surface area contributed by atoms with Crippen LogP contribution in [0.15, 0.2) is 77.6 Å². The number of anilines is 1. The van der Waals surface area contributed by atoms with Gasteiger partial charge in [-0.3, -0.25) is 15.1 Å². The van der Waals surface area contributed by atoms with E-state index in [1.54, 1.807) is 42.7 Å². The third-order valence-electron chi connectivity index (χ3n) is 4.60. The van der Waals surface area contributed by atoms with Crippen molar-refractivity contribution in [1.82, 2.24) is 10.1 Å². The lowest BCUT2D eigenvalue weighted by Crippen LogP contribution is -2.14. The fraction of sp³-hybridized carbons (Fsp3) is 0.0435. The molecule has 0 aliphatic carbocycles. The van der Waals surface area contributed by atoms with Crippen LogP contribution in [-0.2, 0) is 11.2 Å². The number of carbonyl (C=O) groups is 2. The van der Waals surface area contributed by atoms with Gasteiger partial charge in [0.1, 0.15) is 11.5 Å². The number of carbonyl (C=O) groups excluding carboxylic acids is 1. The van der Waals surface area contributed by atoms with Crippen LogP contribution in [0.5, 0.6) is 0 Å². The number of carboxylic acid groups (broad SMARTS) is 1. The topological polar surface area (TPSA) is 105 Å². The molecule has 154 valence electrons. The van der Waals surface area contributed by atoms with Crippen LogP contribution in [0, 0.1) is 5.82 Å². The van der Waals surface area contributed by atoms with Gasteiger partial charge in [0.2, 0.25) is 11.8 Å². The van der Waals surface area contributed by atoms with E-state index in [1.165, 1.54) is 30.3 Å². The van der Waals surface area contributed by atoms with Crippen LogP contribution in [0.2, 0.25) is 0 Å². The number of amides is 1. The molecule has 7 nitrogen and oxygen atoms in total. The van der Waals surface area contributed by atoms with E-state index in [-0.39, 0.29) is 17.9 Å². The van der Waals surface area contributed by atoms with Crippen molar-refractivity contribution in [1.29, 1.82) is 0 Å². The molecule has 0 bridgehead atoms. The first kappa shape index (κ1) is 20.0. The Morgan fingerprint density at radius 1 is 1.00 bits per heavy atom. The van der Waals surface area contributed by atoms with Crippen molar-refractivity contribution in [3.8, 4) is 22.4 Å². The number of hydrogen-bond acceptors (Lipinski definition) is 5. The Bertz CT molecular complexity index is 1240. The molecular weight excluding hydrogens is 401 g/mol. The van der Waals surface area contributed by atoms with Gasteiger partial charge in [-0.25, -0.2) is 9.18 Å². The molecule has 1 amide bonds. The van der Waals surface area contributed by atoms with Gasteiger partial charge in [-0.05, 0) is 35.9 Å². The second-order valence-electron chi connectivity index (χ2n) is 6.67. The SMILES string of the molecule is O=C(Cc1ccc(F)cc1)Nc1onc(-c2ccncc2)c1-c1ccccc1C(=O)O. The average Bonchev–Trinajstić information content (AvgIpc) is 3.19. The molecule has 0 saturated heterocycles. The molecule has 0 saturated carbocycles. The van der Waals surface area contributed by atoms with Gasteiger partial charge >= 0.3 is 5.97 Å². The highest BCUT2D eigenvalue weighted by Gasteiger charge is 2.24. The summed E-state index contributed by atoms with van der Waals surface area (Å²) in [5.74, 6) is -1.92. The maximum atomic E-state index is 13.1. The summed E-state index contributed by atoms with van der Waals surface area (Å²) in [6.07, 6.45) is 3.12. The zero-order valence-corrected chi connectivity index (χ0v) is 16.1. The Balaban J connectivity index is 1.75. The summed E-state index contributed by atoms with van der Waals surface area (Å²) in [7, 11) is 0. The zero-order valence-electron chi connectivity index (χ0n) is 16.1. The molecule has 2 N–H and O–H groups in total. The molecule has 2 heterocycles. The molecule has 0 radical (unpaired) electrons. The van der Waals surface area contributed by atoms with E-state index < -0.39 is 17.7 Å². The average molecular weight is 417 g/mol. The summed E-state index contributed by atoms with van der Waals surface area (Å²) in [6, 6.07) is 15.4. The number of aromatic nitrogens is 2. The van der Waals surface area contributed by atoms with E-state index in [0.29, 0.717) is 27.9 Å². The van der Waals surface area contributed by atoms with Crippen molar-refractivity contribution in [2.75, 3.05) is 5.32 Å². The van der Waals surface area contributed by atoms with Crippen LogP contribution in [-0.4, -0.2) is 27.1 Å². The number of hydrogen-bond donors (Lipinski definition) is 2. The van der Waals surface area contributed by atoms with Crippen molar-refractivity contribution >= 4 is 17.8 Å². The Morgan fingerprint density at radius 2 is 1.71 bits per heavy atom. The second-order valence-corrected chi connectivity index (χ2v) is 6.67. The van der Waals surface area contributed by atoms with Gasteiger partial charge in [-0.1, -0.05) is 35.5 Å². The first-order chi connectivity index (χ1) is 15.0. The molecule has 2 aromatic heterocycles. The van der Waals surface area contributed by atoms with Crippen LogP contribution in [0.25, 0.3) is 22.4 Å². The molecule has 8 heteroatoms. The number of halogens is 1. The highest BCUT2D eigenvalue weighted by Crippen LogP contribution is 2.39. The molecule has 0 atom stereocenters. The number of carboxylic acids is 1. The van der Waals surface area contributed by atoms with Crippen molar-refractivity contribution in [3.05, 3.63) is 90.0 Å². The van der Waals surface area contributed by atoms with Crippen molar-refractivity contribution < 1.29 is 23.6 Å². The molecule has 0 fully saturated rings. The summed E-state index contributed by atoms with van der Waals surface area (Å²) >= 11 is 0. The molecule has 4 aromatic rings. The van der Waals surface area contributed by atoms with Crippen molar-refractivity contribution in [2.45, 2.75) is 6.42 Å². The quantitative estimate of drug-likeness (QED) is 0.481. The first-order valence-electron chi connectivity index (χ1n) is 9.30. The van der Waals surface area contributed by atoms with Gasteiger partial charge in [0.15, 0.2) is 0 Å². The van der Waals surface area contributed by atoms with E-state index >= 15 is 0 Å². The maximum Gasteiger partial charge on any atom is 0.336 e. The number of aromatic carboxylic acids is 1. The highest BCUT2D eigenvalue weighted by atomic mass is 19.1. The Labute approximate surface area is 176 Å². The van der Waals surface area contributed by atoms with E-state index in [0.717, 1.165) is 0 Å². The fourth-order valence-electron chi connectivity index (χ4n) is 3.18. The first-order valence-corrected chi connectivity index (χ1v) is 9.30. The lowest BCUT2D eigenvalue weighted by atomic mass is 9.97. The third kappa shape index (κ3) is 4.32. The van der Waals surface area contributed by atoms with Crippen molar-refractivity contribution in [3.63, 3.8) is 0 Å². The predicted octanol–water partition coefficient (Wildman–Crippen LogP) is 4.42. The molecule has 0 unspecified atom stereocenters. The molecule has 0 aliphatic heterocycles. The van der Waals surface area contributed by atoms with Gasteiger partial charge in [0.05, 0.1) is 17.5 Å². The molecule has 0 aliphatic rings. The number of pyridine rings is 1. The number of nitrogens with zero attached hydrogens (tertiary/aromatic N) is 2. The van der Waals surface area contributed by atoms with Gasteiger partial charge in [0.25, 0.3) is 0 Å². The monoisotopic (exact) mass is 417 g/mol. The van der Waals surface area contributed by atoms with Crippen LogP contribution in [0.1, 0.15) is 15.9 Å². The van der Waals surface area contributed by atoms with E-state index in [9.17, 15) is 19.1 Å². The maximum absolute atomic E-state index is 13.1. The molecule has 31 heavy (non-hydrogen) atoms. The largest absolute Gasteiger partial charge is 0.478 e. The summed E-state index contributed by atoms with van der Waals surface area (Å²) in [5, 5.41) is 16.4. The van der Waals surface area contributed by atoms with E-state index in [1.807, 2.05) is 0 Å². The lowest BCUT2D eigenvalue weighted by molar-refractivity contribution is -0.115. The summed E-state index contributed by atoms with van der Waals surface area (Å²) in [5.41, 5.74) is 2.35. The minimum atomic E-state index is -1.12. The molecule has 4 rings (SSSR count). The zero-order chi connectivity index (χ0) is 21.8. The van der Waals surface area contributed by atoms with Crippen LogP contribution >= 0.6 is 0 Å². The summed E-state index contributed by atoms with van der Waals surface area (Å²) in [6.45, 7) is 0. The van der Waals surface area contributed by atoms with Gasteiger partial charge in [0, 0.05) is 23.5 Å². The minimum absolute atomic E-state index is 0.0209. The molecular formula is C23H16FN3O4. The number of rotatable bonds is 6. The fourth-order valence-corrected chi connectivity index (χ4v) is 3.18. The minimum Gasteiger partial charge on any atom is -0.478 e. The standard InChI is InChI=1S/C23H16FN3O4/c24-16-7-5-14(6-8-16)13-19(28)26-22-20(17-3-1-2-4-18(17)23(29)30)21(27-31-22)15-9-11-25-12-10-15/h1-12H,13H2,(H,26,28)(H,29,30). The van der Waals surface area contributed by atoms with Gasteiger partial charge in [-0.2, -0.15) is 0 Å². The predicted molar refractivity (Wildman–Crippen MR) is 111 cm³/mol. The third-order valence-corrected chi connectivity index (χ3v) is 4.60. The number of benzene rings is 2. The Morgan fingerprint density at radius 3 is 2.42 bits per heavy atom. The van der Waals surface area contributed by atoms with Crippen molar-refractivity contribution in [2.24, 2.45) is 0 Å². The molecule has 0 spiro atoms. The van der Waals surface area contributed by atoms with Crippen LogP contribution < -0.4 is 5.32 Å². The van der Waals surface area contributed by atoms with E-state index in [4.69, 9.17) is 4.52 Å². The smallest absolute Gasteiger partial charge is 0.336 e. The van der Waals surface area contributed by atoms with Crippen LogP contribution in [0.3, 0.4) is 0 Å². The lowest BCUT2D eigenvalue weighted by Gasteiger charge is -2.09. The summed E-state index contributed by atoms with van der Waals surface area (Å²) < 4.78 is 18.5. The second kappa shape index (κ2) is 8.58. The summed E-state index contributed by atoms with van der Waals surface area (Å²) in [4.78, 5) is 28.4. The highest BCUT2D eigenvalue weighted by molar-refractivity contribution is 6.03. The number of nitrogens with one attached hydrogen (secondary N) is 1. The van der Waals surface area contributed by atoms with Gasteiger partial charge in [-0.15, -0.1) is 0 Å². The Kier molecular flexibility index (Phi) is 5.53. The molecule has 2 aromatic carbocycles.